The lowest BCUT2D eigenvalue weighted by Crippen LogP contribution is -2.14. The number of amides is 1. The lowest BCUT2D eigenvalue weighted by atomic mass is 10.1. The first-order valence-corrected chi connectivity index (χ1v) is 9.85. The summed E-state index contributed by atoms with van der Waals surface area (Å²) in [6.07, 6.45) is 0. The van der Waals surface area contributed by atoms with E-state index in [0.717, 1.165) is 0 Å². The second-order valence-corrected chi connectivity index (χ2v) is 6.82. The second-order valence-electron chi connectivity index (χ2n) is 6.82. The molecular formula is C24H20FN3O5. The first-order chi connectivity index (χ1) is 16.0. The number of ether oxygens (including phenoxy) is 3. The van der Waals surface area contributed by atoms with E-state index in [9.17, 15) is 9.18 Å². The molecule has 0 saturated carbocycles. The molecule has 0 saturated heterocycles. The van der Waals surface area contributed by atoms with Crippen LogP contribution >= 0.6 is 0 Å². The number of hydrogen-bond donors (Lipinski definition) is 1. The van der Waals surface area contributed by atoms with Crippen molar-refractivity contribution in [3.8, 4) is 40.1 Å². The van der Waals surface area contributed by atoms with Gasteiger partial charge in [-0.2, -0.15) is 4.98 Å². The molecule has 4 rings (SSSR count). The topological polar surface area (TPSA) is 95.7 Å². The van der Waals surface area contributed by atoms with Gasteiger partial charge in [0.25, 0.3) is 11.8 Å². The molecule has 0 unspecified atom stereocenters. The number of anilines is 1. The maximum atomic E-state index is 14.0. The summed E-state index contributed by atoms with van der Waals surface area (Å²) in [6.45, 7) is 0. The number of benzene rings is 3. The van der Waals surface area contributed by atoms with Gasteiger partial charge in [0.15, 0.2) is 11.5 Å². The molecule has 33 heavy (non-hydrogen) atoms. The first-order valence-electron chi connectivity index (χ1n) is 9.85. The van der Waals surface area contributed by atoms with Crippen LogP contribution in [0.3, 0.4) is 0 Å². The largest absolute Gasteiger partial charge is 0.493 e. The summed E-state index contributed by atoms with van der Waals surface area (Å²) in [6, 6.07) is 16.0. The number of rotatable bonds is 7. The summed E-state index contributed by atoms with van der Waals surface area (Å²) < 4.78 is 35.6. The van der Waals surface area contributed by atoms with Crippen molar-refractivity contribution < 1.29 is 27.9 Å². The number of nitrogens with zero attached hydrogens (tertiary/aromatic N) is 2. The molecule has 0 fully saturated rings. The summed E-state index contributed by atoms with van der Waals surface area (Å²) in [5, 5.41) is 6.75. The van der Waals surface area contributed by atoms with Crippen LogP contribution in [-0.2, 0) is 0 Å². The van der Waals surface area contributed by atoms with Gasteiger partial charge in [0.05, 0.1) is 38.1 Å². The molecule has 0 aliphatic carbocycles. The third kappa shape index (κ3) is 4.33. The Labute approximate surface area is 188 Å². The number of carbonyl (C=O) groups excluding carboxylic acids is 1. The van der Waals surface area contributed by atoms with Gasteiger partial charge in [0, 0.05) is 5.56 Å². The van der Waals surface area contributed by atoms with Gasteiger partial charge in [-0.05, 0) is 36.4 Å². The fourth-order valence-electron chi connectivity index (χ4n) is 3.27. The number of nitrogens with one attached hydrogen (secondary N) is 1. The van der Waals surface area contributed by atoms with Crippen LogP contribution in [0.4, 0.5) is 10.1 Å². The zero-order valence-corrected chi connectivity index (χ0v) is 18.1. The summed E-state index contributed by atoms with van der Waals surface area (Å²) in [5.74, 6) is 0.558. The Balaban J connectivity index is 1.68. The lowest BCUT2D eigenvalue weighted by Gasteiger charge is -2.12. The van der Waals surface area contributed by atoms with E-state index in [4.69, 9.17) is 18.7 Å². The van der Waals surface area contributed by atoms with Gasteiger partial charge in [-0.1, -0.05) is 29.4 Å². The van der Waals surface area contributed by atoms with Crippen LogP contribution in [-0.4, -0.2) is 37.4 Å². The minimum Gasteiger partial charge on any atom is -0.493 e. The van der Waals surface area contributed by atoms with E-state index < -0.39 is 11.7 Å². The molecule has 0 aliphatic heterocycles. The van der Waals surface area contributed by atoms with Crippen molar-refractivity contribution in [1.82, 2.24) is 10.1 Å². The molecule has 0 aliphatic rings. The van der Waals surface area contributed by atoms with Crippen LogP contribution in [0.5, 0.6) is 17.2 Å². The smallest absolute Gasteiger partial charge is 0.260 e. The third-order valence-electron chi connectivity index (χ3n) is 4.87. The maximum Gasteiger partial charge on any atom is 0.260 e. The van der Waals surface area contributed by atoms with Gasteiger partial charge < -0.3 is 24.1 Å². The Kier molecular flexibility index (Phi) is 6.21. The van der Waals surface area contributed by atoms with Crippen molar-refractivity contribution in [2.24, 2.45) is 0 Å². The highest BCUT2D eigenvalue weighted by Gasteiger charge is 2.20. The van der Waals surface area contributed by atoms with Crippen LogP contribution in [0.2, 0.25) is 0 Å². The van der Waals surface area contributed by atoms with E-state index in [0.29, 0.717) is 34.1 Å². The summed E-state index contributed by atoms with van der Waals surface area (Å²) >= 11 is 0. The molecule has 1 amide bonds. The first kappa shape index (κ1) is 21.8. The fourth-order valence-corrected chi connectivity index (χ4v) is 3.27. The molecule has 0 radical (unpaired) electrons. The van der Waals surface area contributed by atoms with Crippen LogP contribution in [0.25, 0.3) is 22.8 Å². The molecule has 0 atom stereocenters. The van der Waals surface area contributed by atoms with Crippen LogP contribution in [0, 0.1) is 5.82 Å². The second kappa shape index (κ2) is 9.39. The van der Waals surface area contributed by atoms with Crippen molar-refractivity contribution in [3.05, 3.63) is 72.0 Å². The highest BCUT2D eigenvalue weighted by molar-refractivity contribution is 6.06. The number of carbonyl (C=O) groups is 1. The van der Waals surface area contributed by atoms with Crippen LogP contribution in [0.1, 0.15) is 10.4 Å². The quantitative estimate of drug-likeness (QED) is 0.432. The van der Waals surface area contributed by atoms with E-state index in [1.807, 2.05) is 0 Å². The van der Waals surface area contributed by atoms with E-state index in [1.165, 1.54) is 39.5 Å². The maximum absolute atomic E-state index is 14.0. The molecule has 3 aromatic carbocycles. The van der Waals surface area contributed by atoms with Crippen LogP contribution < -0.4 is 19.5 Å². The average molecular weight is 449 g/mol. The zero-order valence-electron chi connectivity index (χ0n) is 18.1. The minimum absolute atomic E-state index is 0.0732. The van der Waals surface area contributed by atoms with Gasteiger partial charge in [0.1, 0.15) is 5.82 Å². The van der Waals surface area contributed by atoms with E-state index >= 15 is 0 Å². The van der Waals surface area contributed by atoms with Crippen molar-refractivity contribution in [2.75, 3.05) is 26.6 Å². The fraction of sp³-hybridized carbons (Fsp3) is 0.125. The highest BCUT2D eigenvalue weighted by atomic mass is 19.1. The number of hydrogen-bond acceptors (Lipinski definition) is 7. The van der Waals surface area contributed by atoms with Crippen molar-refractivity contribution in [1.29, 1.82) is 0 Å². The predicted molar refractivity (Wildman–Crippen MR) is 119 cm³/mol. The van der Waals surface area contributed by atoms with E-state index in [-0.39, 0.29) is 17.3 Å². The molecule has 1 N–H and O–H groups in total. The van der Waals surface area contributed by atoms with Gasteiger partial charge in [-0.15, -0.1) is 0 Å². The molecular weight excluding hydrogens is 429 g/mol. The van der Waals surface area contributed by atoms with Crippen LogP contribution in [0.15, 0.2) is 65.2 Å². The SMILES string of the molecule is COc1cc(-c2noc(-c3ccccc3NC(=O)c3ccccc3F)n2)cc(OC)c1OC. The lowest BCUT2D eigenvalue weighted by molar-refractivity contribution is 0.102. The van der Waals surface area contributed by atoms with Gasteiger partial charge >= 0.3 is 0 Å². The standard InChI is InChI=1S/C24H20FN3O5/c1-30-19-12-14(13-20(31-2)21(19)32-3)22-27-24(33-28-22)16-9-5-7-11-18(16)26-23(29)15-8-4-6-10-17(15)25/h4-13H,1-3H3,(H,26,29). The monoisotopic (exact) mass is 449 g/mol. The van der Waals surface area contributed by atoms with Gasteiger partial charge in [-0.3, -0.25) is 4.79 Å². The Bertz CT molecular complexity index is 1280. The van der Waals surface area contributed by atoms with E-state index in [1.54, 1.807) is 42.5 Å². The summed E-state index contributed by atoms with van der Waals surface area (Å²) in [4.78, 5) is 17.0. The molecule has 1 heterocycles. The normalized spacial score (nSPS) is 10.5. The molecule has 1 aromatic heterocycles. The summed E-state index contributed by atoms with van der Waals surface area (Å²) in [7, 11) is 4.54. The molecule has 0 spiro atoms. The van der Waals surface area contributed by atoms with E-state index in [2.05, 4.69) is 15.5 Å². The van der Waals surface area contributed by atoms with Crippen molar-refractivity contribution >= 4 is 11.6 Å². The zero-order chi connectivity index (χ0) is 23.4. The Morgan fingerprint density at radius 3 is 2.27 bits per heavy atom. The number of methoxy groups -OCH3 is 3. The average Bonchev–Trinajstić information content (AvgIpc) is 3.33. The third-order valence-corrected chi connectivity index (χ3v) is 4.87. The van der Waals surface area contributed by atoms with Crippen molar-refractivity contribution in [3.63, 3.8) is 0 Å². The van der Waals surface area contributed by atoms with Gasteiger partial charge in [0.2, 0.25) is 11.6 Å². The molecule has 4 aromatic rings. The predicted octanol–water partition coefficient (Wildman–Crippen LogP) is 4.82. The molecule has 8 nitrogen and oxygen atoms in total. The summed E-state index contributed by atoms with van der Waals surface area (Å²) in [5.41, 5.74) is 1.38. The highest BCUT2D eigenvalue weighted by Crippen LogP contribution is 2.41. The Morgan fingerprint density at radius 2 is 1.61 bits per heavy atom. The molecule has 0 bridgehead atoms. The Hall–Kier alpha value is -4.40. The minimum atomic E-state index is -0.616. The molecule has 168 valence electrons. The molecule has 9 heteroatoms. The number of para-hydroxylation sites is 1. The van der Waals surface area contributed by atoms with Gasteiger partial charge in [-0.25, -0.2) is 4.39 Å². The Morgan fingerprint density at radius 1 is 0.939 bits per heavy atom. The number of halogens is 1. The number of aromatic nitrogens is 2. The van der Waals surface area contributed by atoms with Crippen molar-refractivity contribution in [2.45, 2.75) is 0 Å².